The van der Waals surface area contributed by atoms with Crippen LogP contribution < -0.4 is 5.32 Å². The first-order valence-corrected chi connectivity index (χ1v) is 6.00. The Labute approximate surface area is 84.2 Å². The van der Waals surface area contributed by atoms with Gasteiger partial charge in [-0.15, -0.1) is 11.3 Å². The maximum atomic E-state index is 3.64. The van der Waals surface area contributed by atoms with Crippen molar-refractivity contribution in [2.24, 2.45) is 0 Å². The van der Waals surface area contributed by atoms with E-state index < -0.39 is 0 Å². The Morgan fingerprint density at radius 3 is 2.85 bits per heavy atom. The number of aryl methyl sites for hydroxylation is 1. The van der Waals surface area contributed by atoms with Crippen LogP contribution in [-0.2, 0) is 6.54 Å². The van der Waals surface area contributed by atoms with Crippen molar-refractivity contribution in [3.8, 4) is 0 Å². The van der Waals surface area contributed by atoms with Gasteiger partial charge >= 0.3 is 0 Å². The van der Waals surface area contributed by atoms with Crippen LogP contribution in [0.25, 0.3) is 0 Å². The standard InChI is InChI=1S/C11H17NS/c1-9-6-7-13-11(9)8-12-10-4-2-3-5-10/h6-7,10,12H,2-5,8H2,1H3. The quantitative estimate of drug-likeness (QED) is 0.781. The minimum atomic E-state index is 0.793. The zero-order chi connectivity index (χ0) is 9.10. The molecule has 1 heterocycles. The van der Waals surface area contributed by atoms with Crippen LogP contribution in [-0.4, -0.2) is 6.04 Å². The summed E-state index contributed by atoms with van der Waals surface area (Å²) >= 11 is 1.87. The Balaban J connectivity index is 1.82. The van der Waals surface area contributed by atoms with Crippen LogP contribution in [0.1, 0.15) is 36.1 Å². The molecular formula is C11H17NS. The smallest absolute Gasteiger partial charge is 0.0304 e. The number of nitrogens with one attached hydrogen (secondary N) is 1. The van der Waals surface area contributed by atoms with Crippen LogP contribution in [0.5, 0.6) is 0 Å². The average Bonchev–Trinajstić information content (AvgIpc) is 2.72. The fourth-order valence-electron chi connectivity index (χ4n) is 1.95. The van der Waals surface area contributed by atoms with Crippen LogP contribution in [0.3, 0.4) is 0 Å². The van der Waals surface area contributed by atoms with Crippen LogP contribution in [0, 0.1) is 6.92 Å². The van der Waals surface area contributed by atoms with Crippen molar-refractivity contribution < 1.29 is 0 Å². The van der Waals surface area contributed by atoms with E-state index in [1.165, 1.54) is 36.1 Å². The second kappa shape index (κ2) is 4.25. The second-order valence-corrected chi connectivity index (χ2v) is 4.89. The molecule has 1 aliphatic rings. The molecule has 0 atom stereocenters. The Morgan fingerprint density at radius 1 is 1.46 bits per heavy atom. The lowest BCUT2D eigenvalue weighted by molar-refractivity contribution is 0.526. The summed E-state index contributed by atoms with van der Waals surface area (Å²) in [5.41, 5.74) is 1.44. The molecule has 0 spiro atoms. The van der Waals surface area contributed by atoms with Crippen LogP contribution >= 0.6 is 11.3 Å². The molecule has 1 aliphatic carbocycles. The molecule has 1 saturated carbocycles. The third-order valence-corrected chi connectivity index (χ3v) is 3.90. The van der Waals surface area contributed by atoms with Crippen molar-refractivity contribution in [3.63, 3.8) is 0 Å². The maximum absolute atomic E-state index is 3.64. The molecule has 0 unspecified atom stereocenters. The minimum Gasteiger partial charge on any atom is -0.309 e. The maximum Gasteiger partial charge on any atom is 0.0304 e. The van der Waals surface area contributed by atoms with Crippen molar-refractivity contribution in [1.29, 1.82) is 0 Å². The summed E-state index contributed by atoms with van der Waals surface area (Å²) in [5.74, 6) is 0. The first-order chi connectivity index (χ1) is 6.36. The molecule has 1 nitrogen and oxygen atoms in total. The first-order valence-electron chi connectivity index (χ1n) is 5.12. The van der Waals surface area contributed by atoms with Gasteiger partial charge in [0.25, 0.3) is 0 Å². The van der Waals surface area contributed by atoms with E-state index in [0.717, 1.165) is 12.6 Å². The lowest BCUT2D eigenvalue weighted by atomic mass is 10.2. The predicted octanol–water partition coefficient (Wildman–Crippen LogP) is 3.09. The highest BCUT2D eigenvalue weighted by Gasteiger charge is 2.14. The molecule has 1 fully saturated rings. The van der Waals surface area contributed by atoms with E-state index >= 15 is 0 Å². The molecule has 1 aromatic rings. The summed E-state index contributed by atoms with van der Waals surface area (Å²) in [6, 6.07) is 3.00. The Bertz CT molecular complexity index is 261. The van der Waals surface area contributed by atoms with Crippen molar-refractivity contribution in [2.45, 2.75) is 45.2 Å². The minimum absolute atomic E-state index is 0.793. The highest BCUT2D eigenvalue weighted by molar-refractivity contribution is 7.10. The van der Waals surface area contributed by atoms with E-state index in [-0.39, 0.29) is 0 Å². The largest absolute Gasteiger partial charge is 0.309 e. The zero-order valence-corrected chi connectivity index (χ0v) is 8.99. The van der Waals surface area contributed by atoms with Crippen molar-refractivity contribution >= 4 is 11.3 Å². The van der Waals surface area contributed by atoms with Gasteiger partial charge < -0.3 is 5.32 Å². The fourth-order valence-corrected chi connectivity index (χ4v) is 2.81. The SMILES string of the molecule is Cc1ccsc1CNC1CCCC1. The highest BCUT2D eigenvalue weighted by atomic mass is 32.1. The second-order valence-electron chi connectivity index (χ2n) is 3.89. The normalized spacial score (nSPS) is 18.2. The number of rotatable bonds is 3. The van der Waals surface area contributed by atoms with Crippen LogP contribution in [0.15, 0.2) is 11.4 Å². The summed E-state index contributed by atoms with van der Waals surface area (Å²) in [4.78, 5) is 1.51. The molecule has 1 N–H and O–H groups in total. The van der Waals surface area contributed by atoms with Crippen LogP contribution in [0.2, 0.25) is 0 Å². The topological polar surface area (TPSA) is 12.0 Å². The predicted molar refractivity (Wildman–Crippen MR) is 58.2 cm³/mol. The summed E-state index contributed by atoms with van der Waals surface area (Å²) in [5, 5.41) is 5.82. The van der Waals surface area contributed by atoms with Gasteiger partial charge in [-0.1, -0.05) is 12.8 Å². The van der Waals surface area contributed by atoms with E-state index in [9.17, 15) is 0 Å². The van der Waals surface area contributed by atoms with Gasteiger partial charge in [0, 0.05) is 17.5 Å². The molecule has 0 amide bonds. The molecule has 1 aromatic heterocycles. The van der Waals surface area contributed by atoms with Gasteiger partial charge in [0.2, 0.25) is 0 Å². The Kier molecular flexibility index (Phi) is 3.01. The number of hydrogen-bond donors (Lipinski definition) is 1. The molecule has 0 bridgehead atoms. The summed E-state index contributed by atoms with van der Waals surface area (Å²) in [6.07, 6.45) is 5.59. The highest BCUT2D eigenvalue weighted by Crippen LogP contribution is 2.20. The lowest BCUT2D eigenvalue weighted by Crippen LogP contribution is -2.25. The van der Waals surface area contributed by atoms with Crippen molar-refractivity contribution in [3.05, 3.63) is 21.9 Å². The third kappa shape index (κ3) is 2.32. The Hall–Kier alpha value is -0.340. The van der Waals surface area contributed by atoms with E-state index in [2.05, 4.69) is 23.7 Å². The van der Waals surface area contributed by atoms with E-state index in [0.29, 0.717) is 0 Å². The van der Waals surface area contributed by atoms with Gasteiger partial charge in [-0.05, 0) is 36.8 Å². The number of thiophene rings is 1. The molecular weight excluding hydrogens is 178 g/mol. The summed E-state index contributed by atoms with van der Waals surface area (Å²) < 4.78 is 0. The van der Waals surface area contributed by atoms with E-state index in [4.69, 9.17) is 0 Å². The molecule has 2 rings (SSSR count). The van der Waals surface area contributed by atoms with Gasteiger partial charge in [-0.3, -0.25) is 0 Å². The summed E-state index contributed by atoms with van der Waals surface area (Å²) in [6.45, 7) is 3.27. The first kappa shape index (κ1) is 9.22. The van der Waals surface area contributed by atoms with E-state index in [1.807, 2.05) is 11.3 Å². The lowest BCUT2D eigenvalue weighted by Gasteiger charge is -2.10. The van der Waals surface area contributed by atoms with Crippen molar-refractivity contribution in [2.75, 3.05) is 0 Å². The third-order valence-electron chi connectivity index (χ3n) is 2.87. The van der Waals surface area contributed by atoms with Gasteiger partial charge in [-0.25, -0.2) is 0 Å². The Morgan fingerprint density at radius 2 is 2.23 bits per heavy atom. The van der Waals surface area contributed by atoms with Gasteiger partial charge in [0.05, 0.1) is 0 Å². The fraction of sp³-hybridized carbons (Fsp3) is 0.636. The van der Waals surface area contributed by atoms with Gasteiger partial charge in [0.15, 0.2) is 0 Å². The average molecular weight is 195 g/mol. The molecule has 0 aromatic carbocycles. The van der Waals surface area contributed by atoms with Crippen LogP contribution in [0.4, 0.5) is 0 Å². The molecule has 13 heavy (non-hydrogen) atoms. The van der Waals surface area contributed by atoms with Gasteiger partial charge in [-0.2, -0.15) is 0 Å². The molecule has 2 heteroatoms. The van der Waals surface area contributed by atoms with Crippen molar-refractivity contribution in [1.82, 2.24) is 5.32 Å². The molecule has 0 saturated heterocycles. The molecule has 0 aliphatic heterocycles. The molecule has 0 radical (unpaired) electrons. The van der Waals surface area contributed by atoms with E-state index in [1.54, 1.807) is 0 Å². The molecule has 72 valence electrons. The summed E-state index contributed by atoms with van der Waals surface area (Å²) in [7, 11) is 0. The number of hydrogen-bond acceptors (Lipinski definition) is 2. The monoisotopic (exact) mass is 195 g/mol. The zero-order valence-electron chi connectivity index (χ0n) is 8.18. The van der Waals surface area contributed by atoms with Gasteiger partial charge in [0.1, 0.15) is 0 Å².